The van der Waals surface area contributed by atoms with Crippen molar-refractivity contribution in [2.45, 2.75) is 18.2 Å². The van der Waals surface area contributed by atoms with Crippen LogP contribution in [0.2, 0.25) is 0 Å². The van der Waals surface area contributed by atoms with Crippen LogP contribution in [-0.2, 0) is 10.5 Å². The van der Waals surface area contributed by atoms with Gasteiger partial charge < -0.3 is 16.2 Å². The Morgan fingerprint density at radius 3 is 2.95 bits per heavy atom. The normalized spacial score (nSPS) is 11.6. The predicted molar refractivity (Wildman–Crippen MR) is 94.3 cm³/mol. The van der Waals surface area contributed by atoms with Gasteiger partial charge in [-0.3, -0.25) is 4.79 Å². The van der Waals surface area contributed by atoms with Crippen LogP contribution in [0.5, 0.6) is 0 Å². The van der Waals surface area contributed by atoms with E-state index in [2.05, 4.69) is 10.3 Å². The molecule has 21 heavy (non-hydrogen) atoms. The molecule has 0 aliphatic heterocycles. The summed E-state index contributed by atoms with van der Waals surface area (Å²) in [4.78, 5) is 16.0. The number of thioether (sulfide) groups is 2. The molecule has 0 aliphatic rings. The summed E-state index contributed by atoms with van der Waals surface area (Å²) >= 11 is 3.30. The van der Waals surface area contributed by atoms with E-state index >= 15 is 0 Å². The van der Waals surface area contributed by atoms with E-state index in [1.165, 1.54) is 0 Å². The van der Waals surface area contributed by atoms with Crippen molar-refractivity contribution in [1.82, 2.24) is 4.98 Å². The van der Waals surface area contributed by atoms with Gasteiger partial charge >= 0.3 is 0 Å². The van der Waals surface area contributed by atoms with Gasteiger partial charge in [0.05, 0.1) is 12.6 Å². The number of carbonyl (C=O) groups is 1. The number of aromatic nitrogens is 1. The minimum Gasteiger partial charge on any atom is -0.396 e. The van der Waals surface area contributed by atoms with Crippen LogP contribution >= 0.6 is 35.9 Å². The van der Waals surface area contributed by atoms with E-state index in [0.29, 0.717) is 18.0 Å². The summed E-state index contributed by atoms with van der Waals surface area (Å²) in [7, 11) is 0. The molecule has 120 valence electrons. The fourth-order valence-corrected chi connectivity index (χ4v) is 2.66. The van der Waals surface area contributed by atoms with Crippen molar-refractivity contribution in [3.05, 3.63) is 23.9 Å². The largest absolute Gasteiger partial charge is 0.396 e. The lowest BCUT2D eigenvalue weighted by Crippen LogP contribution is -2.36. The second kappa shape index (κ2) is 12.1. The van der Waals surface area contributed by atoms with E-state index in [1.807, 2.05) is 18.4 Å². The molecule has 0 spiro atoms. The zero-order valence-corrected chi connectivity index (χ0v) is 14.4. The first-order chi connectivity index (χ1) is 9.67. The Bertz CT molecular complexity index is 424. The van der Waals surface area contributed by atoms with E-state index in [0.717, 1.165) is 17.1 Å². The van der Waals surface area contributed by atoms with Gasteiger partial charge in [-0.1, -0.05) is 0 Å². The SMILES string of the molecule is CSCCC(N)C(=O)Nc1cc(CSCCO)ccn1.Cl. The molecule has 0 fully saturated rings. The molecule has 0 saturated heterocycles. The van der Waals surface area contributed by atoms with Crippen molar-refractivity contribution in [3.63, 3.8) is 0 Å². The number of hydrogen-bond donors (Lipinski definition) is 3. The highest BCUT2D eigenvalue weighted by atomic mass is 35.5. The second-order valence-electron chi connectivity index (χ2n) is 4.20. The van der Waals surface area contributed by atoms with Crippen molar-refractivity contribution in [1.29, 1.82) is 0 Å². The molecule has 4 N–H and O–H groups in total. The molecule has 1 unspecified atom stereocenters. The minimum absolute atomic E-state index is 0. The molecular formula is C13H22ClN3O2S2. The minimum atomic E-state index is -0.503. The first-order valence-corrected chi connectivity index (χ1v) is 8.91. The van der Waals surface area contributed by atoms with E-state index in [9.17, 15) is 4.79 Å². The van der Waals surface area contributed by atoms with Gasteiger partial charge in [0.25, 0.3) is 0 Å². The number of amides is 1. The Hall–Kier alpha value is -0.470. The lowest BCUT2D eigenvalue weighted by molar-refractivity contribution is -0.117. The predicted octanol–water partition coefficient (Wildman–Crippen LogP) is 1.75. The van der Waals surface area contributed by atoms with Crippen molar-refractivity contribution in [2.24, 2.45) is 5.73 Å². The van der Waals surface area contributed by atoms with Gasteiger partial charge in [-0.05, 0) is 36.1 Å². The molecule has 1 aromatic heterocycles. The fourth-order valence-electron chi connectivity index (χ4n) is 1.48. The van der Waals surface area contributed by atoms with Gasteiger partial charge in [-0.15, -0.1) is 12.4 Å². The Balaban J connectivity index is 0.00000400. The van der Waals surface area contributed by atoms with Gasteiger partial charge in [0.1, 0.15) is 5.82 Å². The highest BCUT2D eigenvalue weighted by molar-refractivity contribution is 7.98. The zero-order valence-electron chi connectivity index (χ0n) is 11.9. The first kappa shape index (κ1) is 20.5. The molecule has 0 saturated carbocycles. The Labute approximate surface area is 140 Å². The first-order valence-electron chi connectivity index (χ1n) is 6.36. The standard InChI is InChI=1S/C13H21N3O2S2.ClH/c1-19-6-3-11(14)13(18)16-12-8-10(2-4-15-12)9-20-7-5-17;/h2,4,8,11,17H,3,5-7,9,14H2,1H3,(H,15,16,18);1H. The number of anilines is 1. The molecule has 8 heteroatoms. The summed E-state index contributed by atoms with van der Waals surface area (Å²) in [6.07, 6.45) is 4.30. The number of aliphatic hydroxyl groups excluding tert-OH is 1. The van der Waals surface area contributed by atoms with E-state index in [4.69, 9.17) is 10.8 Å². The van der Waals surface area contributed by atoms with Gasteiger partial charge in [-0.2, -0.15) is 23.5 Å². The molecule has 1 atom stereocenters. The molecule has 0 bridgehead atoms. The molecule has 1 aromatic rings. The Morgan fingerprint density at radius 1 is 1.52 bits per heavy atom. The van der Waals surface area contributed by atoms with E-state index < -0.39 is 6.04 Å². The molecule has 0 aromatic carbocycles. The van der Waals surface area contributed by atoms with Crippen LogP contribution in [-0.4, -0.2) is 46.4 Å². The molecule has 1 rings (SSSR count). The summed E-state index contributed by atoms with van der Waals surface area (Å²) in [6.45, 7) is 0.170. The van der Waals surface area contributed by atoms with Crippen molar-refractivity contribution in [2.75, 3.05) is 29.7 Å². The van der Waals surface area contributed by atoms with Crippen molar-refractivity contribution in [3.8, 4) is 0 Å². The maximum atomic E-state index is 11.9. The maximum Gasteiger partial charge on any atom is 0.242 e. The van der Waals surface area contributed by atoms with Crippen LogP contribution in [0.1, 0.15) is 12.0 Å². The zero-order chi connectivity index (χ0) is 14.8. The summed E-state index contributed by atoms with van der Waals surface area (Å²) in [5.74, 6) is 2.66. The fraction of sp³-hybridized carbons (Fsp3) is 0.538. The number of rotatable bonds is 9. The second-order valence-corrected chi connectivity index (χ2v) is 6.29. The molecule has 1 amide bonds. The lowest BCUT2D eigenvalue weighted by atomic mass is 10.2. The van der Waals surface area contributed by atoms with Gasteiger partial charge in [-0.25, -0.2) is 4.98 Å². The van der Waals surface area contributed by atoms with Crippen LogP contribution < -0.4 is 11.1 Å². The Morgan fingerprint density at radius 2 is 2.29 bits per heavy atom. The van der Waals surface area contributed by atoms with Crippen LogP contribution in [0, 0.1) is 0 Å². The maximum absolute atomic E-state index is 11.9. The molecule has 0 radical (unpaired) electrons. The van der Waals surface area contributed by atoms with Crippen LogP contribution in [0.25, 0.3) is 0 Å². The number of aliphatic hydroxyl groups is 1. The van der Waals surface area contributed by atoms with Crippen molar-refractivity contribution < 1.29 is 9.90 Å². The summed E-state index contributed by atoms with van der Waals surface area (Å²) in [5.41, 5.74) is 6.86. The summed E-state index contributed by atoms with van der Waals surface area (Å²) < 4.78 is 0. The highest BCUT2D eigenvalue weighted by Gasteiger charge is 2.13. The topological polar surface area (TPSA) is 88.2 Å². The lowest BCUT2D eigenvalue weighted by Gasteiger charge is -2.11. The van der Waals surface area contributed by atoms with Crippen LogP contribution in [0.15, 0.2) is 18.3 Å². The number of carbonyl (C=O) groups excluding carboxylic acids is 1. The average molecular weight is 352 g/mol. The van der Waals surface area contributed by atoms with Gasteiger partial charge in [0, 0.05) is 17.7 Å². The third-order valence-electron chi connectivity index (χ3n) is 2.55. The monoisotopic (exact) mass is 351 g/mol. The highest BCUT2D eigenvalue weighted by Crippen LogP contribution is 2.14. The van der Waals surface area contributed by atoms with E-state index in [1.54, 1.807) is 29.7 Å². The molecule has 1 heterocycles. The third-order valence-corrected chi connectivity index (χ3v) is 4.20. The number of nitrogens with two attached hydrogens (primary N) is 1. The van der Waals surface area contributed by atoms with Crippen LogP contribution in [0.4, 0.5) is 5.82 Å². The quantitative estimate of drug-likeness (QED) is 0.587. The summed E-state index contributed by atoms with van der Waals surface area (Å²) in [5, 5.41) is 11.5. The number of pyridine rings is 1. The van der Waals surface area contributed by atoms with Crippen LogP contribution in [0.3, 0.4) is 0 Å². The van der Waals surface area contributed by atoms with Gasteiger partial charge in [0.2, 0.25) is 5.91 Å². The smallest absolute Gasteiger partial charge is 0.242 e. The number of hydrogen-bond acceptors (Lipinski definition) is 6. The number of halogens is 1. The summed E-state index contributed by atoms with van der Waals surface area (Å²) in [6, 6.07) is 3.23. The third kappa shape index (κ3) is 8.53. The van der Waals surface area contributed by atoms with Gasteiger partial charge in [0.15, 0.2) is 0 Å². The van der Waals surface area contributed by atoms with Crippen molar-refractivity contribution >= 4 is 47.7 Å². The average Bonchev–Trinajstić information content (AvgIpc) is 2.45. The number of nitrogens with one attached hydrogen (secondary N) is 1. The number of nitrogens with zero attached hydrogens (tertiary/aromatic N) is 1. The molecule has 5 nitrogen and oxygen atoms in total. The molecular weight excluding hydrogens is 330 g/mol. The Kier molecular flexibility index (Phi) is 11.8. The molecule has 0 aliphatic carbocycles. The van der Waals surface area contributed by atoms with E-state index in [-0.39, 0.29) is 24.9 Å².